The number of rotatable bonds is 4. The summed E-state index contributed by atoms with van der Waals surface area (Å²) >= 11 is 1.81. The molecular weight excluding hydrogens is 230 g/mol. The van der Waals surface area contributed by atoms with E-state index in [1.807, 2.05) is 42.8 Å². The summed E-state index contributed by atoms with van der Waals surface area (Å²) in [7, 11) is 1.94. The van der Waals surface area contributed by atoms with Crippen molar-refractivity contribution in [2.45, 2.75) is 23.6 Å². The van der Waals surface area contributed by atoms with Gasteiger partial charge in [0.15, 0.2) is 0 Å². The topological polar surface area (TPSA) is 43.8 Å². The monoisotopic (exact) mass is 247 g/mol. The molecule has 0 aliphatic carbocycles. The fraction of sp³-hybridized carbons (Fsp3) is 0.308. The zero-order valence-electron chi connectivity index (χ0n) is 10.1. The molecular formula is C13H17N3S. The van der Waals surface area contributed by atoms with Crippen LogP contribution in [0, 0.1) is 0 Å². The molecule has 4 heteroatoms. The summed E-state index contributed by atoms with van der Waals surface area (Å²) in [5.41, 5.74) is 8.29. The van der Waals surface area contributed by atoms with Gasteiger partial charge in [0.2, 0.25) is 0 Å². The number of aryl methyl sites for hydroxylation is 1. The lowest BCUT2D eigenvalue weighted by Gasteiger charge is -2.07. The van der Waals surface area contributed by atoms with E-state index in [4.69, 9.17) is 5.73 Å². The predicted molar refractivity (Wildman–Crippen MR) is 71.8 cm³/mol. The molecule has 90 valence electrons. The predicted octanol–water partition coefficient (Wildman–Crippen LogP) is 2.73. The van der Waals surface area contributed by atoms with E-state index in [9.17, 15) is 0 Å². The molecule has 17 heavy (non-hydrogen) atoms. The van der Waals surface area contributed by atoms with Crippen LogP contribution in [-0.4, -0.2) is 9.78 Å². The van der Waals surface area contributed by atoms with Crippen LogP contribution >= 0.6 is 11.8 Å². The molecule has 3 nitrogen and oxygen atoms in total. The van der Waals surface area contributed by atoms with Gasteiger partial charge in [-0.25, -0.2) is 0 Å². The van der Waals surface area contributed by atoms with Crippen molar-refractivity contribution in [1.82, 2.24) is 9.78 Å². The number of aromatic nitrogens is 2. The van der Waals surface area contributed by atoms with Gasteiger partial charge in [-0.15, -0.1) is 11.8 Å². The summed E-state index contributed by atoms with van der Waals surface area (Å²) in [6, 6.07) is 8.50. The van der Waals surface area contributed by atoms with Crippen molar-refractivity contribution in [3.8, 4) is 0 Å². The Kier molecular flexibility index (Phi) is 3.86. The van der Waals surface area contributed by atoms with Crippen LogP contribution in [0.25, 0.3) is 0 Å². The summed E-state index contributed by atoms with van der Waals surface area (Å²) in [5.74, 6) is 0.941. The van der Waals surface area contributed by atoms with Crippen molar-refractivity contribution < 1.29 is 0 Å². The van der Waals surface area contributed by atoms with Crippen LogP contribution in [-0.2, 0) is 12.8 Å². The molecule has 1 aromatic heterocycles. The molecule has 2 aromatic rings. The Morgan fingerprint density at radius 1 is 1.47 bits per heavy atom. The summed E-state index contributed by atoms with van der Waals surface area (Å²) < 4.78 is 1.83. The minimum Gasteiger partial charge on any atom is -0.324 e. The average Bonchev–Trinajstić information content (AvgIpc) is 2.73. The molecule has 0 saturated heterocycles. The molecule has 0 fully saturated rings. The Bertz CT molecular complexity index is 491. The normalized spacial score (nSPS) is 12.6. The first kappa shape index (κ1) is 12.2. The molecule has 0 saturated carbocycles. The largest absolute Gasteiger partial charge is 0.324 e. The molecule has 2 rings (SSSR count). The van der Waals surface area contributed by atoms with E-state index in [1.165, 1.54) is 16.0 Å². The average molecular weight is 247 g/mol. The van der Waals surface area contributed by atoms with Gasteiger partial charge in [-0.3, -0.25) is 4.68 Å². The van der Waals surface area contributed by atoms with Crippen LogP contribution in [0.5, 0.6) is 0 Å². The molecule has 0 radical (unpaired) electrons. The van der Waals surface area contributed by atoms with Crippen LogP contribution in [0.4, 0.5) is 0 Å². The SMILES string of the molecule is CC(N)c1cccc(SCc2cnn(C)c2)c1. The summed E-state index contributed by atoms with van der Waals surface area (Å²) in [6.07, 6.45) is 3.95. The molecule has 0 bridgehead atoms. The minimum atomic E-state index is 0.0916. The van der Waals surface area contributed by atoms with Crippen LogP contribution < -0.4 is 5.73 Å². The highest BCUT2D eigenvalue weighted by Crippen LogP contribution is 2.24. The first-order valence-electron chi connectivity index (χ1n) is 5.61. The Labute approximate surface area is 106 Å². The maximum absolute atomic E-state index is 5.87. The molecule has 0 amide bonds. The molecule has 1 heterocycles. The molecule has 0 aliphatic rings. The van der Waals surface area contributed by atoms with E-state index in [0.29, 0.717) is 0 Å². The lowest BCUT2D eigenvalue weighted by molar-refractivity contribution is 0.767. The zero-order valence-corrected chi connectivity index (χ0v) is 10.9. The Morgan fingerprint density at radius 3 is 2.94 bits per heavy atom. The number of hydrogen-bond acceptors (Lipinski definition) is 3. The van der Waals surface area contributed by atoms with Gasteiger partial charge in [0.1, 0.15) is 0 Å². The van der Waals surface area contributed by atoms with Crippen molar-refractivity contribution in [2.75, 3.05) is 0 Å². The van der Waals surface area contributed by atoms with E-state index in [2.05, 4.69) is 29.4 Å². The zero-order chi connectivity index (χ0) is 12.3. The first-order valence-corrected chi connectivity index (χ1v) is 6.59. The molecule has 0 spiro atoms. The number of nitrogens with zero attached hydrogens (tertiary/aromatic N) is 2. The van der Waals surface area contributed by atoms with E-state index in [0.717, 1.165) is 5.75 Å². The fourth-order valence-electron chi connectivity index (χ4n) is 1.60. The van der Waals surface area contributed by atoms with E-state index >= 15 is 0 Å². The molecule has 1 atom stereocenters. The molecule has 0 aliphatic heterocycles. The molecule has 2 N–H and O–H groups in total. The number of thioether (sulfide) groups is 1. The van der Waals surface area contributed by atoms with Gasteiger partial charge < -0.3 is 5.73 Å². The van der Waals surface area contributed by atoms with E-state index in [1.54, 1.807) is 0 Å². The quantitative estimate of drug-likeness (QED) is 0.845. The highest BCUT2D eigenvalue weighted by molar-refractivity contribution is 7.98. The van der Waals surface area contributed by atoms with E-state index in [-0.39, 0.29) is 6.04 Å². The van der Waals surface area contributed by atoms with Crippen LogP contribution in [0.3, 0.4) is 0 Å². The maximum Gasteiger partial charge on any atom is 0.0530 e. The van der Waals surface area contributed by atoms with Gasteiger partial charge in [0.25, 0.3) is 0 Å². The van der Waals surface area contributed by atoms with Gasteiger partial charge >= 0.3 is 0 Å². The van der Waals surface area contributed by atoms with E-state index < -0.39 is 0 Å². The summed E-state index contributed by atoms with van der Waals surface area (Å²) in [4.78, 5) is 1.25. The minimum absolute atomic E-state index is 0.0916. The molecule has 1 aromatic carbocycles. The Balaban J connectivity index is 2.01. The number of nitrogens with two attached hydrogens (primary N) is 1. The van der Waals surface area contributed by atoms with Crippen LogP contribution in [0.1, 0.15) is 24.1 Å². The van der Waals surface area contributed by atoms with Crippen molar-refractivity contribution in [3.63, 3.8) is 0 Å². The van der Waals surface area contributed by atoms with Crippen molar-refractivity contribution in [2.24, 2.45) is 12.8 Å². The van der Waals surface area contributed by atoms with Gasteiger partial charge in [0.05, 0.1) is 6.20 Å². The smallest absolute Gasteiger partial charge is 0.0530 e. The molecule has 1 unspecified atom stereocenters. The standard InChI is InChI=1S/C13H17N3S/c1-10(14)12-4-3-5-13(6-12)17-9-11-7-15-16(2)8-11/h3-8,10H,9,14H2,1-2H3. The third-order valence-corrected chi connectivity index (χ3v) is 3.61. The third kappa shape index (κ3) is 3.35. The van der Waals surface area contributed by atoms with Crippen molar-refractivity contribution >= 4 is 11.8 Å². The maximum atomic E-state index is 5.87. The Morgan fingerprint density at radius 2 is 2.29 bits per heavy atom. The second kappa shape index (κ2) is 5.38. The van der Waals surface area contributed by atoms with Gasteiger partial charge in [0, 0.05) is 35.5 Å². The lowest BCUT2D eigenvalue weighted by atomic mass is 10.1. The second-order valence-corrected chi connectivity index (χ2v) is 5.22. The number of hydrogen-bond donors (Lipinski definition) is 1. The third-order valence-electron chi connectivity index (χ3n) is 2.55. The van der Waals surface area contributed by atoms with Crippen molar-refractivity contribution in [3.05, 3.63) is 47.8 Å². The van der Waals surface area contributed by atoms with Gasteiger partial charge in [-0.1, -0.05) is 12.1 Å². The number of benzene rings is 1. The highest BCUT2D eigenvalue weighted by Gasteiger charge is 2.02. The first-order chi connectivity index (χ1) is 8.15. The van der Waals surface area contributed by atoms with Gasteiger partial charge in [-0.2, -0.15) is 5.10 Å². The lowest BCUT2D eigenvalue weighted by Crippen LogP contribution is -2.04. The fourth-order valence-corrected chi connectivity index (χ4v) is 2.48. The van der Waals surface area contributed by atoms with Crippen LogP contribution in [0.2, 0.25) is 0 Å². The van der Waals surface area contributed by atoms with Gasteiger partial charge in [-0.05, 0) is 24.6 Å². The van der Waals surface area contributed by atoms with Crippen molar-refractivity contribution in [1.29, 1.82) is 0 Å². The summed E-state index contributed by atoms with van der Waals surface area (Å²) in [5, 5.41) is 4.16. The second-order valence-electron chi connectivity index (χ2n) is 4.17. The van der Waals surface area contributed by atoms with Crippen LogP contribution in [0.15, 0.2) is 41.6 Å². The highest BCUT2D eigenvalue weighted by atomic mass is 32.2. The Hall–Kier alpha value is -1.26. The summed E-state index contributed by atoms with van der Waals surface area (Å²) in [6.45, 7) is 2.00.